The first kappa shape index (κ1) is 18.7. The van der Waals surface area contributed by atoms with E-state index in [2.05, 4.69) is 15.3 Å². The zero-order valence-corrected chi connectivity index (χ0v) is 15.2. The standard InChI is InChI=1S/C17H25N3O3S/c1-4-17(22)10-6-7-13(17)19-15-12(8-9-14(21)23-5-2)11-18-16(20-15)24-3/h8-9,11,13,22H,4-7,10H2,1-3H3,(H,18,19,20)/b9-8+. The van der Waals surface area contributed by atoms with Gasteiger partial charge in [-0.2, -0.15) is 0 Å². The second-order valence-electron chi connectivity index (χ2n) is 5.79. The first-order valence-electron chi connectivity index (χ1n) is 8.27. The minimum Gasteiger partial charge on any atom is -0.463 e. The van der Waals surface area contributed by atoms with Crippen LogP contribution in [-0.2, 0) is 9.53 Å². The summed E-state index contributed by atoms with van der Waals surface area (Å²) < 4.78 is 4.90. The first-order chi connectivity index (χ1) is 11.5. The molecule has 0 spiro atoms. The lowest BCUT2D eigenvalue weighted by molar-refractivity contribution is -0.137. The normalized spacial score (nSPS) is 23.6. The first-order valence-corrected chi connectivity index (χ1v) is 9.49. The average molecular weight is 351 g/mol. The second-order valence-corrected chi connectivity index (χ2v) is 6.57. The molecule has 0 aromatic carbocycles. The molecule has 2 unspecified atom stereocenters. The van der Waals surface area contributed by atoms with E-state index in [9.17, 15) is 9.90 Å². The lowest BCUT2D eigenvalue weighted by Crippen LogP contribution is -2.42. The van der Waals surface area contributed by atoms with Gasteiger partial charge in [0.2, 0.25) is 0 Å². The third kappa shape index (κ3) is 4.48. The van der Waals surface area contributed by atoms with Crippen LogP contribution in [-0.4, -0.2) is 45.5 Å². The summed E-state index contributed by atoms with van der Waals surface area (Å²) in [5, 5.41) is 14.7. The molecule has 7 heteroatoms. The largest absolute Gasteiger partial charge is 0.463 e. The number of nitrogens with one attached hydrogen (secondary N) is 1. The number of nitrogens with zero attached hydrogens (tertiary/aromatic N) is 2. The summed E-state index contributed by atoms with van der Waals surface area (Å²) in [6.45, 7) is 4.09. The Kier molecular flexibility index (Phi) is 6.62. The third-order valence-corrected chi connectivity index (χ3v) is 4.90. The van der Waals surface area contributed by atoms with Crippen LogP contribution in [0.5, 0.6) is 0 Å². The van der Waals surface area contributed by atoms with E-state index in [1.807, 2.05) is 13.2 Å². The molecule has 0 aliphatic heterocycles. The van der Waals surface area contributed by atoms with Crippen LogP contribution in [0.25, 0.3) is 6.08 Å². The predicted octanol–water partition coefficient (Wildman–Crippen LogP) is 2.88. The van der Waals surface area contributed by atoms with Gasteiger partial charge >= 0.3 is 5.97 Å². The molecule has 1 aliphatic rings. The number of thioether (sulfide) groups is 1. The van der Waals surface area contributed by atoms with E-state index < -0.39 is 11.6 Å². The number of carbonyl (C=O) groups is 1. The van der Waals surface area contributed by atoms with Crippen molar-refractivity contribution in [2.75, 3.05) is 18.2 Å². The molecule has 6 nitrogen and oxygen atoms in total. The number of anilines is 1. The van der Waals surface area contributed by atoms with Gasteiger partial charge in [-0.1, -0.05) is 18.7 Å². The molecule has 0 bridgehead atoms. The molecule has 2 atom stereocenters. The molecule has 1 heterocycles. The van der Waals surface area contributed by atoms with Gasteiger partial charge in [-0.3, -0.25) is 0 Å². The Balaban J connectivity index is 2.24. The Bertz CT molecular complexity index is 609. The molecule has 1 aromatic heterocycles. The van der Waals surface area contributed by atoms with Crippen LogP contribution in [0.4, 0.5) is 5.82 Å². The molecule has 24 heavy (non-hydrogen) atoms. The number of hydrogen-bond acceptors (Lipinski definition) is 7. The molecule has 0 amide bonds. The summed E-state index contributed by atoms with van der Waals surface area (Å²) >= 11 is 1.45. The van der Waals surface area contributed by atoms with Gasteiger partial charge in [-0.15, -0.1) is 0 Å². The lowest BCUT2D eigenvalue weighted by Gasteiger charge is -2.30. The summed E-state index contributed by atoms with van der Waals surface area (Å²) in [7, 11) is 0. The van der Waals surface area contributed by atoms with E-state index in [-0.39, 0.29) is 6.04 Å². The fourth-order valence-electron chi connectivity index (χ4n) is 2.91. The topological polar surface area (TPSA) is 84.3 Å². The van der Waals surface area contributed by atoms with E-state index in [1.54, 1.807) is 19.2 Å². The highest BCUT2D eigenvalue weighted by molar-refractivity contribution is 7.98. The quantitative estimate of drug-likeness (QED) is 0.338. The fraction of sp³-hybridized carbons (Fsp3) is 0.588. The van der Waals surface area contributed by atoms with E-state index in [0.29, 0.717) is 29.6 Å². The van der Waals surface area contributed by atoms with Gasteiger partial charge in [-0.05, 0) is 44.9 Å². The predicted molar refractivity (Wildman–Crippen MR) is 96.0 cm³/mol. The summed E-state index contributed by atoms with van der Waals surface area (Å²) in [4.78, 5) is 20.3. The van der Waals surface area contributed by atoms with Crippen LogP contribution in [0.1, 0.15) is 45.1 Å². The molecular weight excluding hydrogens is 326 g/mol. The second kappa shape index (κ2) is 8.48. The summed E-state index contributed by atoms with van der Waals surface area (Å²) in [6, 6.07) is -0.0538. The van der Waals surface area contributed by atoms with Gasteiger partial charge in [0.05, 0.1) is 18.2 Å². The summed E-state index contributed by atoms with van der Waals surface area (Å²) in [5.41, 5.74) is -0.0155. The smallest absolute Gasteiger partial charge is 0.330 e. The van der Waals surface area contributed by atoms with Crippen molar-refractivity contribution in [3.05, 3.63) is 17.8 Å². The van der Waals surface area contributed by atoms with Crippen molar-refractivity contribution in [1.82, 2.24) is 9.97 Å². The van der Waals surface area contributed by atoms with Crippen LogP contribution >= 0.6 is 11.8 Å². The van der Waals surface area contributed by atoms with Crippen molar-refractivity contribution in [2.24, 2.45) is 0 Å². The molecule has 1 fully saturated rings. The van der Waals surface area contributed by atoms with Crippen LogP contribution in [0, 0.1) is 0 Å². The van der Waals surface area contributed by atoms with Gasteiger partial charge in [0.1, 0.15) is 5.82 Å². The van der Waals surface area contributed by atoms with Crippen molar-refractivity contribution >= 4 is 29.6 Å². The number of hydrogen-bond donors (Lipinski definition) is 2. The molecule has 2 rings (SSSR count). The number of rotatable bonds is 7. The van der Waals surface area contributed by atoms with Gasteiger partial charge < -0.3 is 15.2 Å². The molecule has 1 aromatic rings. The molecule has 0 saturated heterocycles. The Morgan fingerprint density at radius 3 is 3.04 bits per heavy atom. The van der Waals surface area contributed by atoms with Crippen LogP contribution in [0.15, 0.2) is 17.4 Å². The van der Waals surface area contributed by atoms with E-state index >= 15 is 0 Å². The summed E-state index contributed by atoms with van der Waals surface area (Å²) in [5.74, 6) is 0.233. The van der Waals surface area contributed by atoms with E-state index in [4.69, 9.17) is 4.74 Å². The molecule has 132 valence electrons. The van der Waals surface area contributed by atoms with E-state index in [0.717, 1.165) is 19.3 Å². The highest BCUT2D eigenvalue weighted by Crippen LogP contribution is 2.35. The van der Waals surface area contributed by atoms with Crippen molar-refractivity contribution < 1.29 is 14.6 Å². The number of aromatic nitrogens is 2. The zero-order valence-electron chi connectivity index (χ0n) is 14.4. The van der Waals surface area contributed by atoms with Gasteiger partial charge in [0, 0.05) is 17.8 Å². The van der Waals surface area contributed by atoms with Gasteiger partial charge in [0.15, 0.2) is 5.16 Å². The Morgan fingerprint density at radius 2 is 2.38 bits per heavy atom. The van der Waals surface area contributed by atoms with Crippen molar-refractivity contribution in [1.29, 1.82) is 0 Å². The molecule has 1 aliphatic carbocycles. The zero-order chi connectivity index (χ0) is 17.6. The van der Waals surface area contributed by atoms with Gasteiger partial charge in [0.25, 0.3) is 0 Å². The monoisotopic (exact) mass is 351 g/mol. The van der Waals surface area contributed by atoms with Crippen LogP contribution in [0.3, 0.4) is 0 Å². The highest BCUT2D eigenvalue weighted by Gasteiger charge is 2.39. The van der Waals surface area contributed by atoms with Crippen molar-refractivity contribution in [3.63, 3.8) is 0 Å². The molecule has 1 saturated carbocycles. The molecule has 0 radical (unpaired) electrons. The lowest BCUT2D eigenvalue weighted by atomic mass is 9.94. The Labute approximate surface area is 147 Å². The Hall–Kier alpha value is -1.60. The SMILES string of the molecule is CCOC(=O)/C=C/c1cnc(SC)nc1NC1CCCC1(O)CC. The molecular formula is C17H25N3O3S. The maximum absolute atomic E-state index is 11.5. The minimum absolute atomic E-state index is 0.0538. The fourth-order valence-corrected chi connectivity index (χ4v) is 3.25. The van der Waals surface area contributed by atoms with Crippen molar-refractivity contribution in [3.8, 4) is 0 Å². The maximum Gasteiger partial charge on any atom is 0.330 e. The Morgan fingerprint density at radius 1 is 1.58 bits per heavy atom. The maximum atomic E-state index is 11.5. The number of ether oxygens (including phenoxy) is 1. The highest BCUT2D eigenvalue weighted by atomic mass is 32.2. The number of esters is 1. The summed E-state index contributed by atoms with van der Waals surface area (Å²) in [6.07, 6.45) is 9.95. The minimum atomic E-state index is -0.716. The van der Waals surface area contributed by atoms with E-state index in [1.165, 1.54) is 17.8 Å². The molecule has 2 N–H and O–H groups in total. The number of aliphatic hydroxyl groups is 1. The van der Waals surface area contributed by atoms with Crippen LogP contribution in [0.2, 0.25) is 0 Å². The third-order valence-electron chi connectivity index (χ3n) is 4.34. The van der Waals surface area contributed by atoms with Crippen molar-refractivity contribution in [2.45, 2.75) is 56.3 Å². The number of carbonyl (C=O) groups excluding carboxylic acids is 1. The average Bonchev–Trinajstić information content (AvgIpc) is 2.95. The van der Waals surface area contributed by atoms with Gasteiger partial charge in [-0.25, -0.2) is 14.8 Å². The van der Waals surface area contributed by atoms with Crippen LogP contribution < -0.4 is 5.32 Å².